The van der Waals surface area contributed by atoms with Crippen LogP contribution in [0.3, 0.4) is 0 Å². The lowest BCUT2D eigenvalue weighted by atomic mass is 10.1. The van der Waals surface area contributed by atoms with E-state index in [2.05, 4.69) is 0 Å². The standard InChI is InChI=1S/C14H18N2O3S/c1-9(2)15(10-4-5-10)14(17)12-8-11(20-3)6-7-13(12)16(18)19/h6-10H,4-5H2,1-3H3. The van der Waals surface area contributed by atoms with Gasteiger partial charge in [-0.15, -0.1) is 11.8 Å². The highest BCUT2D eigenvalue weighted by atomic mass is 32.2. The SMILES string of the molecule is CSc1ccc([N+](=O)[O-])c(C(=O)N(C(C)C)C2CC2)c1. The molecular formula is C14H18N2O3S. The molecule has 1 saturated carbocycles. The Labute approximate surface area is 122 Å². The largest absolute Gasteiger partial charge is 0.333 e. The summed E-state index contributed by atoms with van der Waals surface area (Å²) >= 11 is 1.47. The summed E-state index contributed by atoms with van der Waals surface area (Å²) < 4.78 is 0. The maximum absolute atomic E-state index is 12.7. The zero-order chi connectivity index (χ0) is 14.9. The van der Waals surface area contributed by atoms with Crippen molar-refractivity contribution >= 4 is 23.4 Å². The summed E-state index contributed by atoms with van der Waals surface area (Å²) in [5.74, 6) is -0.231. The van der Waals surface area contributed by atoms with Gasteiger partial charge in [-0.2, -0.15) is 0 Å². The summed E-state index contributed by atoms with van der Waals surface area (Å²) in [4.78, 5) is 26.0. The van der Waals surface area contributed by atoms with Gasteiger partial charge in [0.2, 0.25) is 0 Å². The molecule has 2 rings (SSSR count). The van der Waals surface area contributed by atoms with Crippen LogP contribution in [0.4, 0.5) is 5.69 Å². The van der Waals surface area contributed by atoms with E-state index in [1.54, 1.807) is 17.0 Å². The first-order valence-electron chi connectivity index (χ1n) is 6.60. The lowest BCUT2D eigenvalue weighted by molar-refractivity contribution is -0.385. The molecule has 1 fully saturated rings. The maximum atomic E-state index is 12.7. The molecule has 0 saturated heterocycles. The van der Waals surface area contributed by atoms with E-state index in [0.29, 0.717) is 0 Å². The van der Waals surface area contributed by atoms with Crippen molar-refractivity contribution in [3.63, 3.8) is 0 Å². The van der Waals surface area contributed by atoms with Crippen LogP contribution in [0.5, 0.6) is 0 Å². The predicted molar refractivity (Wildman–Crippen MR) is 79.2 cm³/mol. The minimum absolute atomic E-state index is 0.0486. The third-order valence-electron chi connectivity index (χ3n) is 3.36. The highest BCUT2D eigenvalue weighted by molar-refractivity contribution is 7.98. The van der Waals surface area contributed by atoms with Crippen molar-refractivity contribution in [2.75, 3.05) is 6.26 Å². The van der Waals surface area contributed by atoms with E-state index in [0.717, 1.165) is 17.7 Å². The van der Waals surface area contributed by atoms with Gasteiger partial charge in [-0.1, -0.05) is 0 Å². The van der Waals surface area contributed by atoms with Gasteiger partial charge in [0.15, 0.2) is 0 Å². The molecule has 1 amide bonds. The van der Waals surface area contributed by atoms with Gasteiger partial charge >= 0.3 is 0 Å². The summed E-state index contributed by atoms with van der Waals surface area (Å²) in [6, 6.07) is 5.01. The van der Waals surface area contributed by atoms with E-state index in [-0.39, 0.29) is 29.2 Å². The molecule has 0 spiro atoms. The molecule has 0 N–H and O–H groups in total. The first-order chi connectivity index (χ1) is 9.45. The molecule has 0 bridgehead atoms. The first-order valence-corrected chi connectivity index (χ1v) is 7.83. The normalized spacial score (nSPS) is 14.4. The summed E-state index contributed by atoms with van der Waals surface area (Å²) in [7, 11) is 0. The summed E-state index contributed by atoms with van der Waals surface area (Å²) in [5, 5.41) is 11.1. The van der Waals surface area contributed by atoms with E-state index in [4.69, 9.17) is 0 Å². The lowest BCUT2D eigenvalue weighted by Gasteiger charge is -2.26. The number of thioether (sulfide) groups is 1. The van der Waals surface area contributed by atoms with Crippen LogP contribution in [-0.2, 0) is 0 Å². The van der Waals surface area contributed by atoms with Crippen molar-refractivity contribution in [3.05, 3.63) is 33.9 Å². The van der Waals surface area contributed by atoms with E-state index in [1.807, 2.05) is 20.1 Å². The van der Waals surface area contributed by atoms with E-state index < -0.39 is 4.92 Å². The van der Waals surface area contributed by atoms with Crippen molar-refractivity contribution in [1.82, 2.24) is 4.90 Å². The highest BCUT2D eigenvalue weighted by Crippen LogP contribution is 2.33. The second-order valence-electron chi connectivity index (χ2n) is 5.18. The zero-order valence-corrected chi connectivity index (χ0v) is 12.6. The van der Waals surface area contributed by atoms with Crippen LogP contribution >= 0.6 is 11.8 Å². The Morgan fingerprint density at radius 2 is 2.10 bits per heavy atom. The highest BCUT2D eigenvalue weighted by Gasteiger charge is 2.37. The Hall–Kier alpha value is -1.56. The molecule has 0 aromatic heterocycles. The van der Waals surface area contributed by atoms with Crippen molar-refractivity contribution in [2.24, 2.45) is 0 Å². The topological polar surface area (TPSA) is 63.5 Å². The molecule has 1 aliphatic carbocycles. The van der Waals surface area contributed by atoms with Gasteiger partial charge in [-0.3, -0.25) is 14.9 Å². The quantitative estimate of drug-likeness (QED) is 0.475. The van der Waals surface area contributed by atoms with Crippen molar-refractivity contribution in [2.45, 2.75) is 43.7 Å². The third-order valence-corrected chi connectivity index (χ3v) is 4.09. The smallest absolute Gasteiger partial charge is 0.282 e. The van der Waals surface area contributed by atoms with Crippen LogP contribution in [-0.4, -0.2) is 34.1 Å². The first kappa shape index (κ1) is 14.8. The Balaban J connectivity index is 2.43. The molecule has 6 heteroatoms. The number of amides is 1. The Morgan fingerprint density at radius 1 is 1.45 bits per heavy atom. The van der Waals surface area contributed by atoms with Crippen molar-refractivity contribution < 1.29 is 9.72 Å². The molecular weight excluding hydrogens is 276 g/mol. The van der Waals surface area contributed by atoms with Crippen LogP contribution in [0.1, 0.15) is 37.0 Å². The summed E-state index contributed by atoms with van der Waals surface area (Å²) in [6.45, 7) is 3.89. The van der Waals surface area contributed by atoms with Crippen molar-refractivity contribution in [3.8, 4) is 0 Å². The van der Waals surface area contributed by atoms with Gasteiger partial charge in [0.25, 0.3) is 11.6 Å². The number of hydrogen-bond acceptors (Lipinski definition) is 4. The van der Waals surface area contributed by atoms with Gasteiger partial charge in [0.1, 0.15) is 5.56 Å². The summed E-state index contributed by atoms with van der Waals surface area (Å²) in [5.41, 5.74) is 0.0848. The minimum atomic E-state index is -0.483. The molecule has 108 valence electrons. The molecule has 1 aromatic carbocycles. The molecule has 0 radical (unpaired) electrons. The second-order valence-corrected chi connectivity index (χ2v) is 6.06. The molecule has 5 nitrogen and oxygen atoms in total. The average molecular weight is 294 g/mol. The van der Waals surface area contributed by atoms with E-state index in [1.165, 1.54) is 17.8 Å². The van der Waals surface area contributed by atoms with Crippen LogP contribution in [0, 0.1) is 10.1 Å². The fraction of sp³-hybridized carbons (Fsp3) is 0.500. The van der Waals surface area contributed by atoms with Gasteiger partial charge in [-0.25, -0.2) is 0 Å². The fourth-order valence-electron chi connectivity index (χ4n) is 2.29. The maximum Gasteiger partial charge on any atom is 0.282 e. The van der Waals surface area contributed by atoms with Crippen LogP contribution in [0.2, 0.25) is 0 Å². The molecule has 0 heterocycles. The van der Waals surface area contributed by atoms with Crippen LogP contribution in [0.25, 0.3) is 0 Å². The van der Waals surface area contributed by atoms with E-state index in [9.17, 15) is 14.9 Å². The molecule has 0 atom stereocenters. The molecule has 20 heavy (non-hydrogen) atoms. The van der Waals surface area contributed by atoms with Gasteiger partial charge in [0.05, 0.1) is 4.92 Å². The van der Waals surface area contributed by atoms with Crippen molar-refractivity contribution in [1.29, 1.82) is 0 Å². The second kappa shape index (κ2) is 5.83. The Kier molecular flexibility index (Phi) is 4.32. The number of benzene rings is 1. The monoisotopic (exact) mass is 294 g/mol. The van der Waals surface area contributed by atoms with E-state index >= 15 is 0 Å². The minimum Gasteiger partial charge on any atom is -0.333 e. The number of rotatable bonds is 5. The van der Waals surface area contributed by atoms with Gasteiger partial charge in [-0.05, 0) is 45.1 Å². The number of nitro groups is 1. The number of carbonyl (C=O) groups excluding carboxylic acids is 1. The Bertz CT molecular complexity index is 539. The molecule has 0 unspecified atom stereocenters. The number of carbonyl (C=O) groups is 1. The van der Waals surface area contributed by atoms with Gasteiger partial charge < -0.3 is 4.90 Å². The van der Waals surface area contributed by atoms with Crippen LogP contribution < -0.4 is 0 Å². The molecule has 1 aromatic rings. The summed E-state index contributed by atoms with van der Waals surface area (Å²) in [6.07, 6.45) is 3.86. The van der Waals surface area contributed by atoms with Crippen LogP contribution in [0.15, 0.2) is 23.1 Å². The number of nitro benzene ring substituents is 1. The number of nitrogens with zero attached hydrogens (tertiary/aromatic N) is 2. The predicted octanol–water partition coefficient (Wildman–Crippen LogP) is 3.33. The lowest BCUT2D eigenvalue weighted by Crippen LogP contribution is -2.39. The third kappa shape index (κ3) is 2.95. The molecule has 0 aliphatic heterocycles. The number of hydrogen-bond donors (Lipinski definition) is 0. The average Bonchev–Trinajstić information content (AvgIpc) is 3.22. The zero-order valence-electron chi connectivity index (χ0n) is 11.8. The molecule has 1 aliphatic rings. The Morgan fingerprint density at radius 3 is 2.55 bits per heavy atom. The fourth-order valence-corrected chi connectivity index (χ4v) is 2.73. The van der Waals surface area contributed by atoms with Gasteiger partial charge in [0, 0.05) is 23.0 Å².